The molecule has 0 saturated carbocycles. The maximum atomic E-state index is 12.0. The number of hydrogen-bond donors (Lipinski definition) is 1. The van der Waals surface area contributed by atoms with E-state index < -0.39 is 0 Å². The lowest BCUT2D eigenvalue weighted by Gasteiger charge is -2.15. The van der Waals surface area contributed by atoms with E-state index in [4.69, 9.17) is 9.47 Å². The van der Waals surface area contributed by atoms with Crippen LogP contribution in [0.3, 0.4) is 0 Å². The number of carbonyl (C=O) groups excluding carboxylic acids is 1. The summed E-state index contributed by atoms with van der Waals surface area (Å²) in [7, 11) is 0. The van der Waals surface area contributed by atoms with Crippen LogP contribution in [0, 0.1) is 0 Å². The van der Waals surface area contributed by atoms with E-state index in [0.717, 1.165) is 19.4 Å². The van der Waals surface area contributed by atoms with Crippen LogP contribution in [0.25, 0.3) is 0 Å². The van der Waals surface area contributed by atoms with Crippen molar-refractivity contribution in [3.8, 4) is 5.75 Å². The summed E-state index contributed by atoms with van der Waals surface area (Å²) in [5.41, 5.74) is 0.578. The maximum absolute atomic E-state index is 12.0. The third-order valence-corrected chi connectivity index (χ3v) is 3.00. The van der Waals surface area contributed by atoms with Gasteiger partial charge in [-0.1, -0.05) is 12.1 Å². The first-order valence-electron chi connectivity index (χ1n) is 6.81. The minimum Gasteiger partial charge on any atom is -0.490 e. The zero-order valence-electron chi connectivity index (χ0n) is 11.5. The molecule has 4 heteroatoms. The molecule has 1 saturated heterocycles. The Morgan fingerprint density at radius 3 is 2.95 bits per heavy atom. The number of hydrogen-bond acceptors (Lipinski definition) is 3. The highest BCUT2D eigenvalue weighted by Gasteiger charge is 2.18. The molecule has 1 aliphatic heterocycles. The summed E-state index contributed by atoms with van der Waals surface area (Å²) in [6.45, 7) is 5.19. The fourth-order valence-corrected chi connectivity index (χ4v) is 2.08. The average molecular weight is 263 g/mol. The molecule has 1 unspecified atom stereocenters. The molecular weight excluding hydrogens is 242 g/mol. The monoisotopic (exact) mass is 263 g/mol. The standard InChI is InChI=1S/C15H21NO3/c1-11(2)16-15(17)13-7-3-4-8-14(13)19-10-12-6-5-9-18-12/h3-4,7-8,11-12H,5-6,9-10H2,1-2H3,(H,16,17). The lowest BCUT2D eigenvalue weighted by Crippen LogP contribution is -2.30. The van der Waals surface area contributed by atoms with Crippen molar-refractivity contribution >= 4 is 5.91 Å². The van der Waals surface area contributed by atoms with Gasteiger partial charge >= 0.3 is 0 Å². The first kappa shape index (κ1) is 13.9. The zero-order valence-corrected chi connectivity index (χ0v) is 11.5. The first-order chi connectivity index (χ1) is 9.16. The van der Waals surface area contributed by atoms with E-state index in [-0.39, 0.29) is 18.1 Å². The summed E-state index contributed by atoms with van der Waals surface area (Å²) < 4.78 is 11.3. The van der Waals surface area contributed by atoms with Crippen LogP contribution in [0.1, 0.15) is 37.0 Å². The van der Waals surface area contributed by atoms with E-state index in [1.54, 1.807) is 6.07 Å². The van der Waals surface area contributed by atoms with Crippen molar-refractivity contribution in [3.63, 3.8) is 0 Å². The predicted octanol–water partition coefficient (Wildman–Crippen LogP) is 2.38. The summed E-state index contributed by atoms with van der Waals surface area (Å²) in [5, 5.41) is 2.88. The topological polar surface area (TPSA) is 47.6 Å². The van der Waals surface area contributed by atoms with Crippen molar-refractivity contribution in [1.29, 1.82) is 0 Å². The van der Waals surface area contributed by atoms with Gasteiger partial charge in [-0.2, -0.15) is 0 Å². The molecule has 0 bridgehead atoms. The SMILES string of the molecule is CC(C)NC(=O)c1ccccc1OCC1CCCO1. The van der Waals surface area contributed by atoms with Gasteiger partial charge in [0.2, 0.25) is 0 Å². The van der Waals surface area contributed by atoms with Gasteiger partial charge in [-0.25, -0.2) is 0 Å². The second kappa shape index (κ2) is 6.57. The van der Waals surface area contributed by atoms with Gasteiger partial charge < -0.3 is 14.8 Å². The largest absolute Gasteiger partial charge is 0.490 e. The number of ether oxygens (including phenoxy) is 2. The Morgan fingerprint density at radius 2 is 2.26 bits per heavy atom. The Balaban J connectivity index is 2.00. The van der Waals surface area contributed by atoms with E-state index in [0.29, 0.717) is 17.9 Å². The molecule has 1 amide bonds. The molecular formula is C15H21NO3. The van der Waals surface area contributed by atoms with Gasteiger partial charge in [0.05, 0.1) is 11.7 Å². The number of nitrogens with one attached hydrogen (secondary N) is 1. The van der Waals surface area contributed by atoms with Crippen LogP contribution in [0.4, 0.5) is 0 Å². The smallest absolute Gasteiger partial charge is 0.255 e. The Kier molecular flexibility index (Phi) is 4.80. The van der Waals surface area contributed by atoms with E-state index in [2.05, 4.69) is 5.32 Å². The van der Waals surface area contributed by atoms with Crippen molar-refractivity contribution in [2.24, 2.45) is 0 Å². The average Bonchev–Trinajstić information content (AvgIpc) is 2.89. The van der Waals surface area contributed by atoms with Crippen LogP contribution in [-0.4, -0.2) is 31.3 Å². The van der Waals surface area contributed by atoms with Crippen LogP contribution >= 0.6 is 0 Å². The van der Waals surface area contributed by atoms with Gasteiger partial charge in [0.25, 0.3) is 5.91 Å². The molecule has 1 heterocycles. The minimum absolute atomic E-state index is 0.0991. The highest BCUT2D eigenvalue weighted by atomic mass is 16.5. The van der Waals surface area contributed by atoms with Crippen molar-refractivity contribution in [1.82, 2.24) is 5.32 Å². The fourth-order valence-electron chi connectivity index (χ4n) is 2.08. The van der Waals surface area contributed by atoms with E-state index in [1.165, 1.54) is 0 Å². The summed E-state index contributed by atoms with van der Waals surface area (Å²) >= 11 is 0. The lowest BCUT2D eigenvalue weighted by molar-refractivity contribution is 0.0670. The van der Waals surface area contributed by atoms with E-state index in [1.807, 2.05) is 32.0 Å². The summed E-state index contributed by atoms with van der Waals surface area (Å²) in [5.74, 6) is 0.522. The number of rotatable bonds is 5. The molecule has 2 rings (SSSR count). The Bertz CT molecular complexity index is 425. The van der Waals surface area contributed by atoms with Gasteiger partial charge in [-0.15, -0.1) is 0 Å². The van der Waals surface area contributed by atoms with Crippen molar-refractivity contribution in [2.75, 3.05) is 13.2 Å². The minimum atomic E-state index is -0.0991. The molecule has 19 heavy (non-hydrogen) atoms. The molecule has 1 atom stereocenters. The number of carbonyl (C=O) groups is 1. The van der Waals surface area contributed by atoms with Gasteiger partial charge in [0.15, 0.2) is 0 Å². The summed E-state index contributed by atoms with van der Waals surface area (Å²) in [6.07, 6.45) is 2.27. The molecule has 104 valence electrons. The van der Waals surface area contributed by atoms with Crippen LogP contribution in [0.2, 0.25) is 0 Å². The predicted molar refractivity (Wildman–Crippen MR) is 73.5 cm³/mol. The van der Waals surface area contributed by atoms with Crippen molar-refractivity contribution in [3.05, 3.63) is 29.8 Å². The number of benzene rings is 1. The summed E-state index contributed by atoms with van der Waals surface area (Å²) in [6, 6.07) is 7.43. The third-order valence-electron chi connectivity index (χ3n) is 3.00. The molecule has 1 N–H and O–H groups in total. The molecule has 4 nitrogen and oxygen atoms in total. The molecule has 1 aromatic carbocycles. The van der Waals surface area contributed by atoms with Gasteiger partial charge in [-0.05, 0) is 38.8 Å². The van der Waals surface area contributed by atoms with Crippen LogP contribution < -0.4 is 10.1 Å². The van der Waals surface area contributed by atoms with Gasteiger partial charge in [0, 0.05) is 12.6 Å². The molecule has 0 aliphatic carbocycles. The van der Waals surface area contributed by atoms with Gasteiger partial charge in [-0.3, -0.25) is 4.79 Å². The maximum Gasteiger partial charge on any atom is 0.255 e. The molecule has 0 aromatic heterocycles. The highest BCUT2D eigenvalue weighted by Crippen LogP contribution is 2.20. The highest BCUT2D eigenvalue weighted by molar-refractivity contribution is 5.97. The molecule has 1 aromatic rings. The van der Waals surface area contributed by atoms with E-state index >= 15 is 0 Å². The lowest BCUT2D eigenvalue weighted by atomic mass is 10.1. The normalized spacial score (nSPS) is 18.6. The van der Waals surface area contributed by atoms with Gasteiger partial charge in [0.1, 0.15) is 12.4 Å². The molecule has 1 aliphatic rings. The second-order valence-electron chi connectivity index (χ2n) is 5.07. The number of amides is 1. The third kappa shape index (κ3) is 3.96. The van der Waals surface area contributed by atoms with Crippen molar-refractivity contribution in [2.45, 2.75) is 38.8 Å². The first-order valence-corrected chi connectivity index (χ1v) is 6.81. The molecule has 0 spiro atoms. The zero-order chi connectivity index (χ0) is 13.7. The number of para-hydroxylation sites is 1. The van der Waals surface area contributed by atoms with Crippen LogP contribution in [0.5, 0.6) is 5.75 Å². The molecule has 1 fully saturated rings. The quantitative estimate of drug-likeness (QED) is 0.887. The Labute approximate surface area is 114 Å². The van der Waals surface area contributed by atoms with Crippen molar-refractivity contribution < 1.29 is 14.3 Å². The van der Waals surface area contributed by atoms with E-state index in [9.17, 15) is 4.79 Å². The second-order valence-corrected chi connectivity index (χ2v) is 5.07. The Morgan fingerprint density at radius 1 is 1.47 bits per heavy atom. The van der Waals surface area contributed by atoms with Crippen LogP contribution in [-0.2, 0) is 4.74 Å². The molecule has 0 radical (unpaired) electrons. The van der Waals surface area contributed by atoms with Crippen LogP contribution in [0.15, 0.2) is 24.3 Å². The fraction of sp³-hybridized carbons (Fsp3) is 0.533. The Hall–Kier alpha value is -1.55. The summed E-state index contributed by atoms with van der Waals surface area (Å²) in [4.78, 5) is 12.0.